The smallest absolute Gasteiger partial charge is 0.266 e. The van der Waals surface area contributed by atoms with Gasteiger partial charge in [-0.15, -0.1) is 36.2 Å². The van der Waals surface area contributed by atoms with Crippen LogP contribution in [0.3, 0.4) is 0 Å². The molecule has 0 aliphatic carbocycles. The third kappa shape index (κ3) is 3.45. The summed E-state index contributed by atoms with van der Waals surface area (Å²) in [5.74, 6) is 1.40. The van der Waals surface area contributed by atoms with Crippen LogP contribution in [0.4, 0.5) is 0 Å². The summed E-state index contributed by atoms with van der Waals surface area (Å²) in [5, 5.41) is 4.36. The average Bonchev–Trinajstić information content (AvgIpc) is 3.21. The van der Waals surface area contributed by atoms with Crippen molar-refractivity contribution in [1.29, 1.82) is 0 Å². The molecule has 2 fully saturated rings. The molecule has 2 aliphatic heterocycles. The van der Waals surface area contributed by atoms with E-state index in [0.717, 1.165) is 47.3 Å². The molecule has 7 heteroatoms. The fourth-order valence-electron chi connectivity index (χ4n) is 3.53. The van der Waals surface area contributed by atoms with Gasteiger partial charge < -0.3 is 10.2 Å². The highest BCUT2D eigenvalue weighted by molar-refractivity contribution is 7.14. The number of thiazole rings is 1. The Morgan fingerprint density at radius 1 is 1.17 bits per heavy atom. The summed E-state index contributed by atoms with van der Waals surface area (Å²) in [4.78, 5) is 20.4. The summed E-state index contributed by atoms with van der Waals surface area (Å²) >= 11 is 1.51. The summed E-state index contributed by atoms with van der Waals surface area (Å²) in [7, 11) is 0. The number of halogens is 2. The molecule has 0 saturated carbocycles. The number of carbonyl (C=O) groups excluding carboxylic acids is 1. The molecule has 0 radical (unpaired) electrons. The first-order chi connectivity index (χ1) is 10.7. The first-order valence-electron chi connectivity index (χ1n) is 7.75. The fraction of sp³-hybridized carbons (Fsp3) is 0.412. The van der Waals surface area contributed by atoms with Gasteiger partial charge in [0.05, 0.1) is 10.7 Å². The van der Waals surface area contributed by atoms with E-state index < -0.39 is 0 Å². The lowest BCUT2D eigenvalue weighted by Crippen LogP contribution is -2.31. The Hall–Kier alpha value is -1.14. The summed E-state index contributed by atoms with van der Waals surface area (Å²) in [6.45, 7) is 5.81. The molecule has 1 amide bonds. The summed E-state index contributed by atoms with van der Waals surface area (Å²) in [6, 6.07) is 10.0. The van der Waals surface area contributed by atoms with E-state index in [-0.39, 0.29) is 30.7 Å². The molecule has 2 aliphatic rings. The fourth-order valence-corrected chi connectivity index (χ4v) is 4.44. The number of fused-ring (bicyclic) bond motifs is 1. The number of aromatic nitrogens is 1. The molecule has 1 N–H and O–H groups in total. The van der Waals surface area contributed by atoms with Crippen LogP contribution in [-0.4, -0.2) is 42.0 Å². The molecule has 2 atom stereocenters. The zero-order valence-electron chi connectivity index (χ0n) is 13.4. The monoisotopic (exact) mass is 385 g/mol. The lowest BCUT2D eigenvalue weighted by atomic mass is 10.0. The van der Waals surface area contributed by atoms with E-state index in [9.17, 15) is 4.79 Å². The number of amides is 1. The SMILES string of the molecule is Cc1nc(-c2ccccc2)c(C(=O)N2C[C@H]3CNC[C@H]3C2)s1.Cl.Cl. The van der Waals surface area contributed by atoms with Crippen LogP contribution < -0.4 is 5.32 Å². The zero-order valence-corrected chi connectivity index (χ0v) is 15.8. The van der Waals surface area contributed by atoms with Crippen LogP contribution in [0.2, 0.25) is 0 Å². The average molecular weight is 386 g/mol. The van der Waals surface area contributed by atoms with Crippen molar-refractivity contribution >= 4 is 42.1 Å². The number of hydrogen-bond acceptors (Lipinski definition) is 4. The van der Waals surface area contributed by atoms with Crippen molar-refractivity contribution < 1.29 is 4.79 Å². The van der Waals surface area contributed by atoms with Crippen LogP contribution in [0.15, 0.2) is 30.3 Å². The molecule has 130 valence electrons. The van der Waals surface area contributed by atoms with Crippen LogP contribution in [0.1, 0.15) is 14.7 Å². The molecule has 2 saturated heterocycles. The molecule has 0 unspecified atom stereocenters. The molecule has 2 aromatic rings. The van der Waals surface area contributed by atoms with Gasteiger partial charge in [0.25, 0.3) is 5.91 Å². The van der Waals surface area contributed by atoms with Gasteiger partial charge in [0.2, 0.25) is 0 Å². The van der Waals surface area contributed by atoms with E-state index in [4.69, 9.17) is 0 Å². The van der Waals surface area contributed by atoms with Crippen LogP contribution in [-0.2, 0) is 0 Å². The molecular weight excluding hydrogens is 365 g/mol. The van der Waals surface area contributed by atoms with Crippen molar-refractivity contribution in [3.8, 4) is 11.3 Å². The van der Waals surface area contributed by atoms with Crippen LogP contribution in [0.5, 0.6) is 0 Å². The third-order valence-corrected chi connectivity index (χ3v) is 5.61. The first kappa shape index (κ1) is 19.2. The maximum absolute atomic E-state index is 13.0. The van der Waals surface area contributed by atoms with Gasteiger partial charge in [0, 0.05) is 31.7 Å². The minimum atomic E-state index is 0. The molecule has 4 rings (SSSR count). The van der Waals surface area contributed by atoms with Gasteiger partial charge in [-0.1, -0.05) is 30.3 Å². The number of nitrogens with one attached hydrogen (secondary N) is 1. The number of likely N-dealkylation sites (tertiary alicyclic amines) is 1. The Morgan fingerprint density at radius 3 is 2.42 bits per heavy atom. The van der Waals surface area contributed by atoms with Crippen LogP contribution in [0.25, 0.3) is 11.3 Å². The van der Waals surface area contributed by atoms with Gasteiger partial charge in [-0.25, -0.2) is 4.98 Å². The lowest BCUT2D eigenvalue weighted by Gasteiger charge is -2.17. The molecule has 1 aromatic carbocycles. The quantitative estimate of drug-likeness (QED) is 0.862. The summed E-state index contributed by atoms with van der Waals surface area (Å²) in [5.41, 5.74) is 1.86. The van der Waals surface area contributed by atoms with Gasteiger partial charge in [0.1, 0.15) is 4.88 Å². The molecule has 1 aromatic heterocycles. The number of aryl methyl sites for hydroxylation is 1. The molecule has 0 bridgehead atoms. The lowest BCUT2D eigenvalue weighted by molar-refractivity contribution is 0.0787. The topological polar surface area (TPSA) is 45.2 Å². The van der Waals surface area contributed by atoms with Gasteiger partial charge in [-0.2, -0.15) is 0 Å². The first-order valence-corrected chi connectivity index (χ1v) is 8.57. The van der Waals surface area contributed by atoms with Crippen molar-refractivity contribution in [1.82, 2.24) is 15.2 Å². The predicted octanol–water partition coefficient (Wildman–Crippen LogP) is 3.25. The van der Waals surface area contributed by atoms with Gasteiger partial charge in [-0.3, -0.25) is 4.79 Å². The Labute approximate surface area is 158 Å². The standard InChI is InChI=1S/C17H19N3OS.2ClH/c1-11-19-15(12-5-3-2-4-6-12)16(22-11)17(21)20-9-13-7-18-8-14(13)10-20;;/h2-6,13-14,18H,7-10H2,1H3;2*1H/t13-,14+;;. The normalized spacial score (nSPS) is 21.8. The van der Waals surface area contributed by atoms with E-state index in [2.05, 4.69) is 10.3 Å². The third-order valence-electron chi connectivity index (χ3n) is 4.65. The molecular formula is C17H21Cl2N3OS. The summed E-state index contributed by atoms with van der Waals surface area (Å²) < 4.78 is 0. The van der Waals surface area contributed by atoms with Crippen molar-refractivity contribution in [3.63, 3.8) is 0 Å². The second kappa shape index (κ2) is 7.83. The number of nitrogens with zero attached hydrogens (tertiary/aromatic N) is 2. The van der Waals surface area contributed by atoms with E-state index in [1.807, 2.05) is 42.2 Å². The van der Waals surface area contributed by atoms with Crippen molar-refractivity contribution in [3.05, 3.63) is 40.2 Å². The van der Waals surface area contributed by atoms with E-state index in [1.54, 1.807) is 0 Å². The number of carbonyl (C=O) groups is 1. The van der Waals surface area contributed by atoms with Crippen molar-refractivity contribution in [2.75, 3.05) is 26.2 Å². The molecule has 0 spiro atoms. The van der Waals surface area contributed by atoms with Gasteiger partial charge >= 0.3 is 0 Å². The number of benzene rings is 1. The highest BCUT2D eigenvalue weighted by atomic mass is 35.5. The van der Waals surface area contributed by atoms with Crippen LogP contribution in [0, 0.1) is 18.8 Å². The second-order valence-corrected chi connectivity index (χ2v) is 7.37. The highest BCUT2D eigenvalue weighted by Gasteiger charge is 2.39. The largest absolute Gasteiger partial charge is 0.337 e. The summed E-state index contributed by atoms with van der Waals surface area (Å²) in [6.07, 6.45) is 0. The highest BCUT2D eigenvalue weighted by Crippen LogP contribution is 2.32. The van der Waals surface area contributed by atoms with Crippen LogP contribution >= 0.6 is 36.2 Å². The predicted molar refractivity (Wildman–Crippen MR) is 103 cm³/mol. The van der Waals surface area contributed by atoms with E-state index in [0.29, 0.717) is 11.8 Å². The Kier molecular flexibility index (Phi) is 6.26. The Bertz CT molecular complexity index is 695. The minimum absolute atomic E-state index is 0. The number of hydrogen-bond donors (Lipinski definition) is 1. The van der Waals surface area contributed by atoms with Crippen molar-refractivity contribution in [2.45, 2.75) is 6.92 Å². The molecule has 24 heavy (non-hydrogen) atoms. The van der Waals surface area contributed by atoms with Crippen molar-refractivity contribution in [2.24, 2.45) is 11.8 Å². The molecule has 4 nitrogen and oxygen atoms in total. The maximum Gasteiger partial charge on any atom is 0.266 e. The molecule has 3 heterocycles. The van der Waals surface area contributed by atoms with E-state index in [1.165, 1.54) is 11.3 Å². The number of rotatable bonds is 2. The Morgan fingerprint density at radius 2 is 1.79 bits per heavy atom. The van der Waals surface area contributed by atoms with E-state index >= 15 is 0 Å². The second-order valence-electron chi connectivity index (χ2n) is 6.17. The Balaban J connectivity index is 0.00000104. The van der Waals surface area contributed by atoms with Gasteiger partial charge in [-0.05, 0) is 18.8 Å². The van der Waals surface area contributed by atoms with Gasteiger partial charge in [0.15, 0.2) is 0 Å². The minimum Gasteiger partial charge on any atom is -0.337 e. The maximum atomic E-state index is 13.0. The zero-order chi connectivity index (χ0) is 15.1.